The Kier molecular flexibility index (Phi) is 4.82. The minimum absolute atomic E-state index is 0.148. The Balaban J connectivity index is 1.48. The zero-order valence-electron chi connectivity index (χ0n) is 14.0. The van der Waals surface area contributed by atoms with Gasteiger partial charge in [0.15, 0.2) is 5.82 Å². The summed E-state index contributed by atoms with van der Waals surface area (Å²) in [6.07, 6.45) is 1.40. The van der Waals surface area contributed by atoms with E-state index in [-0.39, 0.29) is 48.9 Å². The van der Waals surface area contributed by atoms with Crippen molar-refractivity contribution in [2.45, 2.75) is 32.6 Å². The molecule has 0 bridgehead atoms. The Labute approximate surface area is 144 Å². The van der Waals surface area contributed by atoms with Crippen molar-refractivity contribution in [1.29, 1.82) is 0 Å². The van der Waals surface area contributed by atoms with E-state index in [1.54, 1.807) is 17.9 Å². The van der Waals surface area contributed by atoms with Gasteiger partial charge in [-0.25, -0.2) is 0 Å². The number of imide groups is 1. The molecule has 2 saturated heterocycles. The summed E-state index contributed by atoms with van der Waals surface area (Å²) in [7, 11) is 0. The third kappa shape index (κ3) is 3.86. The highest BCUT2D eigenvalue weighted by atomic mass is 16.5. The minimum atomic E-state index is -0.296. The van der Waals surface area contributed by atoms with Crippen LogP contribution in [0.2, 0.25) is 0 Å². The van der Waals surface area contributed by atoms with Gasteiger partial charge in [-0.1, -0.05) is 5.16 Å². The van der Waals surface area contributed by atoms with Gasteiger partial charge in [0.25, 0.3) is 0 Å². The molecule has 4 amide bonds. The summed E-state index contributed by atoms with van der Waals surface area (Å²) in [4.78, 5) is 50.3. The molecular weight excluding hydrogens is 328 g/mol. The molecule has 134 valence electrons. The summed E-state index contributed by atoms with van der Waals surface area (Å²) in [6.45, 7) is 2.38. The van der Waals surface area contributed by atoms with Gasteiger partial charge in [0.05, 0.1) is 0 Å². The van der Waals surface area contributed by atoms with Crippen LogP contribution in [0.4, 0.5) is 5.82 Å². The van der Waals surface area contributed by atoms with Gasteiger partial charge in [0, 0.05) is 37.9 Å². The first-order valence-corrected chi connectivity index (χ1v) is 8.29. The average Bonchev–Trinajstić information content (AvgIpc) is 3.14. The molecule has 9 heteroatoms. The molecule has 1 aromatic heterocycles. The van der Waals surface area contributed by atoms with E-state index in [4.69, 9.17) is 4.52 Å². The Morgan fingerprint density at radius 2 is 1.88 bits per heavy atom. The molecule has 3 rings (SSSR count). The van der Waals surface area contributed by atoms with Crippen LogP contribution >= 0.6 is 0 Å². The lowest BCUT2D eigenvalue weighted by atomic mass is 9.96. The van der Waals surface area contributed by atoms with Crippen molar-refractivity contribution >= 4 is 29.4 Å². The number of piperidine rings is 1. The first-order valence-electron chi connectivity index (χ1n) is 8.29. The van der Waals surface area contributed by atoms with Crippen molar-refractivity contribution in [1.82, 2.24) is 15.0 Å². The number of hydrogen-bond acceptors (Lipinski definition) is 6. The molecule has 2 fully saturated rings. The Hall–Kier alpha value is -2.71. The maximum Gasteiger partial charge on any atom is 0.242 e. The number of aryl methyl sites for hydroxylation is 1. The third-order valence-electron chi connectivity index (χ3n) is 4.55. The molecule has 25 heavy (non-hydrogen) atoms. The molecule has 0 unspecified atom stereocenters. The van der Waals surface area contributed by atoms with Crippen LogP contribution in [0.15, 0.2) is 10.6 Å². The topological polar surface area (TPSA) is 113 Å². The van der Waals surface area contributed by atoms with E-state index < -0.39 is 0 Å². The van der Waals surface area contributed by atoms with E-state index >= 15 is 0 Å². The highest BCUT2D eigenvalue weighted by Crippen LogP contribution is 2.20. The minimum Gasteiger partial charge on any atom is -0.360 e. The molecule has 0 atom stereocenters. The van der Waals surface area contributed by atoms with Crippen molar-refractivity contribution in [2.24, 2.45) is 5.92 Å². The molecule has 0 aliphatic carbocycles. The van der Waals surface area contributed by atoms with Gasteiger partial charge >= 0.3 is 0 Å². The molecule has 2 aliphatic heterocycles. The number of anilines is 1. The summed E-state index contributed by atoms with van der Waals surface area (Å²) in [5, 5.41) is 6.43. The summed E-state index contributed by atoms with van der Waals surface area (Å²) in [6, 6.07) is 1.64. The summed E-state index contributed by atoms with van der Waals surface area (Å²) >= 11 is 0. The third-order valence-corrected chi connectivity index (χ3v) is 4.55. The van der Waals surface area contributed by atoms with E-state index in [9.17, 15) is 19.2 Å². The molecule has 9 nitrogen and oxygen atoms in total. The summed E-state index contributed by atoms with van der Waals surface area (Å²) < 4.78 is 4.90. The Morgan fingerprint density at radius 1 is 1.24 bits per heavy atom. The largest absolute Gasteiger partial charge is 0.360 e. The van der Waals surface area contributed by atoms with Crippen LogP contribution < -0.4 is 5.32 Å². The van der Waals surface area contributed by atoms with Gasteiger partial charge in [-0.2, -0.15) is 0 Å². The van der Waals surface area contributed by atoms with E-state index in [1.807, 2.05) is 0 Å². The second kappa shape index (κ2) is 7.04. The number of carbonyl (C=O) groups excluding carboxylic acids is 4. The molecule has 3 heterocycles. The second-order valence-corrected chi connectivity index (χ2v) is 6.34. The van der Waals surface area contributed by atoms with Crippen molar-refractivity contribution in [3.8, 4) is 0 Å². The van der Waals surface area contributed by atoms with E-state index in [0.717, 1.165) is 4.90 Å². The standard InChI is InChI=1S/C16H20N4O5/c1-10-8-12(18-25-10)17-16(24)11-4-6-19(7-5-11)15(23)9-20-13(21)2-3-14(20)22/h8,11H,2-7,9H2,1H3,(H,17,18,24). The highest BCUT2D eigenvalue weighted by molar-refractivity contribution is 6.04. The normalized spacial score (nSPS) is 18.8. The molecule has 0 saturated carbocycles. The zero-order valence-corrected chi connectivity index (χ0v) is 14.0. The number of rotatable bonds is 4. The van der Waals surface area contributed by atoms with E-state index in [0.29, 0.717) is 37.5 Å². The van der Waals surface area contributed by atoms with Gasteiger partial charge in [-0.3, -0.25) is 24.1 Å². The summed E-state index contributed by atoms with van der Waals surface area (Å²) in [5.74, 6) is -0.212. The molecule has 0 spiro atoms. The number of aromatic nitrogens is 1. The molecule has 1 N–H and O–H groups in total. The maximum absolute atomic E-state index is 12.3. The van der Waals surface area contributed by atoms with Crippen LogP contribution in [0.3, 0.4) is 0 Å². The lowest BCUT2D eigenvalue weighted by molar-refractivity contribution is -0.146. The number of carbonyl (C=O) groups is 4. The fourth-order valence-corrected chi connectivity index (χ4v) is 3.08. The highest BCUT2D eigenvalue weighted by Gasteiger charge is 2.33. The maximum atomic E-state index is 12.3. The van der Waals surface area contributed by atoms with Crippen LogP contribution in [0.5, 0.6) is 0 Å². The van der Waals surface area contributed by atoms with Crippen LogP contribution in [0, 0.1) is 12.8 Å². The predicted molar refractivity (Wildman–Crippen MR) is 85.1 cm³/mol. The monoisotopic (exact) mass is 348 g/mol. The first-order chi connectivity index (χ1) is 11.9. The van der Waals surface area contributed by atoms with Crippen molar-refractivity contribution < 1.29 is 23.7 Å². The lowest BCUT2D eigenvalue weighted by Crippen LogP contribution is -2.46. The van der Waals surface area contributed by atoms with Crippen molar-refractivity contribution in [3.05, 3.63) is 11.8 Å². The quantitative estimate of drug-likeness (QED) is 0.784. The number of hydrogen-bond donors (Lipinski definition) is 1. The van der Waals surface area contributed by atoms with E-state index in [2.05, 4.69) is 10.5 Å². The van der Waals surface area contributed by atoms with Crippen LogP contribution in [0.1, 0.15) is 31.4 Å². The molecule has 1 aromatic rings. The van der Waals surface area contributed by atoms with Gasteiger partial charge in [-0.05, 0) is 19.8 Å². The molecule has 0 radical (unpaired) electrons. The fourth-order valence-electron chi connectivity index (χ4n) is 3.08. The number of amides is 4. The summed E-state index contributed by atoms with van der Waals surface area (Å²) in [5.41, 5.74) is 0. The van der Waals surface area contributed by atoms with Gasteiger partial charge in [0.2, 0.25) is 23.6 Å². The number of likely N-dealkylation sites (tertiary alicyclic amines) is 2. The molecule has 0 aromatic carbocycles. The first kappa shape index (κ1) is 17.1. The SMILES string of the molecule is Cc1cc(NC(=O)C2CCN(C(=O)CN3C(=O)CCC3=O)CC2)no1. The lowest BCUT2D eigenvalue weighted by Gasteiger charge is -2.32. The number of nitrogens with one attached hydrogen (secondary N) is 1. The number of nitrogens with zero attached hydrogens (tertiary/aromatic N) is 3. The Bertz CT molecular complexity index is 689. The Morgan fingerprint density at radius 3 is 2.44 bits per heavy atom. The average molecular weight is 348 g/mol. The van der Waals surface area contributed by atoms with Crippen molar-refractivity contribution in [2.75, 3.05) is 25.0 Å². The smallest absolute Gasteiger partial charge is 0.242 e. The van der Waals surface area contributed by atoms with Gasteiger partial charge < -0.3 is 14.7 Å². The zero-order chi connectivity index (χ0) is 18.0. The van der Waals surface area contributed by atoms with Crippen LogP contribution in [-0.2, 0) is 19.2 Å². The fraction of sp³-hybridized carbons (Fsp3) is 0.562. The van der Waals surface area contributed by atoms with Crippen LogP contribution in [0.25, 0.3) is 0 Å². The van der Waals surface area contributed by atoms with Crippen molar-refractivity contribution in [3.63, 3.8) is 0 Å². The molecular formula is C16H20N4O5. The molecule has 2 aliphatic rings. The van der Waals surface area contributed by atoms with Gasteiger partial charge in [-0.15, -0.1) is 0 Å². The predicted octanol–water partition coefficient (Wildman–Crippen LogP) is 0.309. The van der Waals surface area contributed by atoms with E-state index in [1.165, 1.54) is 0 Å². The van der Waals surface area contributed by atoms with Gasteiger partial charge in [0.1, 0.15) is 12.3 Å². The van der Waals surface area contributed by atoms with Crippen LogP contribution in [-0.4, -0.2) is 58.2 Å². The second-order valence-electron chi connectivity index (χ2n) is 6.34.